The number of carbonyl (C=O) groups excluding carboxylic acids is 1. The van der Waals surface area contributed by atoms with Crippen LogP contribution in [-0.2, 0) is 9.53 Å². The molecule has 1 unspecified atom stereocenters. The Morgan fingerprint density at radius 2 is 1.88 bits per heavy atom. The second-order valence-electron chi connectivity index (χ2n) is 5.15. The first-order valence-electron chi connectivity index (χ1n) is 5.88. The molecule has 1 atom stereocenters. The Morgan fingerprint density at radius 3 is 2.41 bits per heavy atom. The van der Waals surface area contributed by atoms with Gasteiger partial charge >= 0.3 is 5.97 Å². The van der Waals surface area contributed by atoms with E-state index in [0.717, 1.165) is 5.56 Å². The molecular weight excluding hydrogens is 214 g/mol. The van der Waals surface area contributed by atoms with E-state index >= 15 is 0 Å². The van der Waals surface area contributed by atoms with Crippen molar-refractivity contribution >= 4 is 5.97 Å². The minimum atomic E-state index is -0.226. The van der Waals surface area contributed by atoms with Gasteiger partial charge in [-0.15, -0.1) is 0 Å². The van der Waals surface area contributed by atoms with Gasteiger partial charge in [-0.25, -0.2) is 0 Å². The molecule has 0 amide bonds. The van der Waals surface area contributed by atoms with Crippen LogP contribution < -0.4 is 5.32 Å². The van der Waals surface area contributed by atoms with Crippen LogP contribution in [0.3, 0.4) is 0 Å². The summed E-state index contributed by atoms with van der Waals surface area (Å²) in [4.78, 5) is 11.6. The second kappa shape index (κ2) is 5.82. The van der Waals surface area contributed by atoms with Gasteiger partial charge in [0.15, 0.2) is 0 Å². The summed E-state index contributed by atoms with van der Waals surface area (Å²) in [6, 6.07) is 9.73. The average molecular weight is 235 g/mol. The lowest BCUT2D eigenvalue weighted by Crippen LogP contribution is -2.40. The predicted octanol–water partition coefficient (Wildman–Crippen LogP) is 2.68. The van der Waals surface area contributed by atoms with Gasteiger partial charge in [-0.2, -0.15) is 0 Å². The molecule has 1 rings (SSSR count). The van der Waals surface area contributed by atoms with Crippen LogP contribution in [0.25, 0.3) is 0 Å². The van der Waals surface area contributed by atoms with Gasteiger partial charge in [0.2, 0.25) is 0 Å². The van der Waals surface area contributed by atoms with Crippen LogP contribution in [0.2, 0.25) is 0 Å². The largest absolute Gasteiger partial charge is 0.457 e. The van der Waals surface area contributed by atoms with E-state index in [1.807, 2.05) is 58.0 Å². The van der Waals surface area contributed by atoms with E-state index < -0.39 is 0 Å². The molecule has 0 saturated carbocycles. The molecular formula is C14H21NO2. The predicted molar refractivity (Wildman–Crippen MR) is 68.7 cm³/mol. The Balaban J connectivity index is 2.42. The number of esters is 1. The van der Waals surface area contributed by atoms with Crippen molar-refractivity contribution in [1.29, 1.82) is 0 Å². The maximum absolute atomic E-state index is 11.6. The van der Waals surface area contributed by atoms with Gasteiger partial charge in [-0.1, -0.05) is 30.3 Å². The number of hydrogen-bond acceptors (Lipinski definition) is 3. The maximum atomic E-state index is 11.6. The molecule has 94 valence electrons. The highest BCUT2D eigenvalue weighted by Gasteiger charge is 2.14. The Morgan fingerprint density at radius 1 is 1.29 bits per heavy atom. The number of hydrogen-bond donors (Lipinski definition) is 1. The minimum Gasteiger partial charge on any atom is -0.457 e. The Bertz CT molecular complexity index is 354. The fourth-order valence-electron chi connectivity index (χ4n) is 1.37. The van der Waals surface area contributed by atoms with E-state index in [4.69, 9.17) is 4.74 Å². The molecule has 0 aromatic heterocycles. The number of rotatable bonds is 4. The molecule has 1 aromatic rings. The van der Waals surface area contributed by atoms with Gasteiger partial charge in [0.05, 0.1) is 6.54 Å². The fraction of sp³-hybridized carbons (Fsp3) is 0.500. The lowest BCUT2D eigenvalue weighted by Gasteiger charge is -2.21. The number of carbonyl (C=O) groups is 1. The maximum Gasteiger partial charge on any atom is 0.320 e. The standard InChI is InChI=1S/C14H21NO2/c1-11(12-8-6-5-7-9-12)17-13(16)10-15-14(2,3)4/h5-9,11,15H,10H2,1-4H3. The van der Waals surface area contributed by atoms with Crippen molar-refractivity contribution in [3.05, 3.63) is 35.9 Å². The molecule has 1 aromatic carbocycles. The summed E-state index contributed by atoms with van der Waals surface area (Å²) in [6.07, 6.45) is -0.203. The molecule has 0 bridgehead atoms. The summed E-state index contributed by atoms with van der Waals surface area (Å²) >= 11 is 0. The second-order valence-corrected chi connectivity index (χ2v) is 5.15. The molecule has 1 N–H and O–H groups in total. The SMILES string of the molecule is CC(OC(=O)CNC(C)(C)C)c1ccccc1. The normalized spacial score (nSPS) is 13.2. The third-order valence-electron chi connectivity index (χ3n) is 2.34. The summed E-state index contributed by atoms with van der Waals surface area (Å²) < 4.78 is 5.33. The lowest BCUT2D eigenvalue weighted by molar-refractivity contribution is -0.147. The van der Waals surface area contributed by atoms with Crippen molar-refractivity contribution in [3.8, 4) is 0 Å². The molecule has 0 aliphatic carbocycles. The number of nitrogens with one attached hydrogen (secondary N) is 1. The summed E-state index contributed by atoms with van der Waals surface area (Å²) in [6.45, 7) is 8.16. The van der Waals surface area contributed by atoms with E-state index in [0.29, 0.717) is 0 Å². The number of ether oxygens (including phenoxy) is 1. The van der Waals surface area contributed by atoms with Crippen molar-refractivity contribution in [1.82, 2.24) is 5.32 Å². The smallest absolute Gasteiger partial charge is 0.320 e. The van der Waals surface area contributed by atoms with Crippen LogP contribution in [0.1, 0.15) is 39.4 Å². The van der Waals surface area contributed by atoms with Crippen LogP contribution in [0, 0.1) is 0 Å². The zero-order valence-corrected chi connectivity index (χ0v) is 11.0. The molecule has 3 nitrogen and oxygen atoms in total. The van der Waals surface area contributed by atoms with Crippen molar-refractivity contribution < 1.29 is 9.53 Å². The molecule has 0 aliphatic rings. The van der Waals surface area contributed by atoms with Gasteiger partial charge in [-0.05, 0) is 33.3 Å². The topological polar surface area (TPSA) is 38.3 Å². The zero-order valence-electron chi connectivity index (χ0n) is 11.0. The van der Waals surface area contributed by atoms with Crippen LogP contribution in [-0.4, -0.2) is 18.1 Å². The van der Waals surface area contributed by atoms with E-state index in [9.17, 15) is 4.79 Å². The summed E-state index contributed by atoms with van der Waals surface area (Å²) in [5, 5.41) is 3.10. The first kappa shape index (κ1) is 13.7. The molecule has 3 heteroatoms. The molecule has 0 heterocycles. The van der Waals surface area contributed by atoms with E-state index in [1.165, 1.54) is 0 Å². The molecule has 0 saturated heterocycles. The van der Waals surface area contributed by atoms with E-state index in [-0.39, 0.29) is 24.2 Å². The van der Waals surface area contributed by atoms with Crippen LogP contribution >= 0.6 is 0 Å². The van der Waals surface area contributed by atoms with Crippen molar-refractivity contribution in [3.63, 3.8) is 0 Å². The highest BCUT2D eigenvalue weighted by atomic mass is 16.5. The molecule has 0 aliphatic heterocycles. The average Bonchev–Trinajstić information content (AvgIpc) is 2.27. The van der Waals surface area contributed by atoms with Gasteiger partial charge < -0.3 is 10.1 Å². The Kier molecular flexibility index (Phi) is 4.70. The summed E-state index contributed by atoms with van der Waals surface area (Å²) in [5.74, 6) is -0.226. The van der Waals surface area contributed by atoms with Gasteiger partial charge in [0, 0.05) is 5.54 Å². The lowest BCUT2D eigenvalue weighted by atomic mass is 10.1. The van der Waals surface area contributed by atoms with Gasteiger partial charge in [0.25, 0.3) is 0 Å². The zero-order chi connectivity index (χ0) is 12.9. The van der Waals surface area contributed by atoms with Crippen LogP contribution in [0.15, 0.2) is 30.3 Å². The quantitative estimate of drug-likeness (QED) is 0.815. The monoisotopic (exact) mass is 235 g/mol. The first-order valence-corrected chi connectivity index (χ1v) is 5.88. The third-order valence-corrected chi connectivity index (χ3v) is 2.34. The molecule has 0 spiro atoms. The van der Waals surface area contributed by atoms with Gasteiger partial charge in [0.1, 0.15) is 6.10 Å². The van der Waals surface area contributed by atoms with Crippen molar-refractivity contribution in [2.24, 2.45) is 0 Å². The van der Waals surface area contributed by atoms with Crippen molar-refractivity contribution in [2.75, 3.05) is 6.54 Å². The number of benzene rings is 1. The van der Waals surface area contributed by atoms with Crippen LogP contribution in [0.4, 0.5) is 0 Å². The van der Waals surface area contributed by atoms with Crippen molar-refractivity contribution in [2.45, 2.75) is 39.3 Å². The Hall–Kier alpha value is -1.35. The van der Waals surface area contributed by atoms with E-state index in [1.54, 1.807) is 0 Å². The summed E-state index contributed by atoms with van der Waals surface area (Å²) in [7, 11) is 0. The fourth-order valence-corrected chi connectivity index (χ4v) is 1.37. The Labute approximate surface area is 103 Å². The minimum absolute atomic E-state index is 0.0744. The molecule has 0 fully saturated rings. The highest BCUT2D eigenvalue weighted by Crippen LogP contribution is 2.15. The van der Waals surface area contributed by atoms with E-state index in [2.05, 4.69) is 5.32 Å². The third kappa shape index (κ3) is 5.50. The highest BCUT2D eigenvalue weighted by molar-refractivity contribution is 5.72. The molecule has 0 radical (unpaired) electrons. The van der Waals surface area contributed by atoms with Gasteiger partial charge in [-0.3, -0.25) is 4.79 Å². The summed E-state index contributed by atoms with van der Waals surface area (Å²) in [5.41, 5.74) is 0.936. The first-order chi connectivity index (χ1) is 7.88. The van der Waals surface area contributed by atoms with Crippen LogP contribution in [0.5, 0.6) is 0 Å². The molecule has 17 heavy (non-hydrogen) atoms.